The van der Waals surface area contributed by atoms with Gasteiger partial charge in [0.05, 0.1) is 17.5 Å². The van der Waals surface area contributed by atoms with Gasteiger partial charge >= 0.3 is 0 Å². The summed E-state index contributed by atoms with van der Waals surface area (Å²) < 4.78 is 1.47. The van der Waals surface area contributed by atoms with E-state index < -0.39 is 16.9 Å². The number of aromatic nitrogens is 2. The molecule has 0 spiro atoms. The summed E-state index contributed by atoms with van der Waals surface area (Å²) in [5.41, 5.74) is 2.18. The molecule has 1 aliphatic rings. The molecule has 0 saturated heterocycles. The maximum atomic E-state index is 12.5. The number of amides is 2. The minimum atomic E-state index is -0.826. The third-order valence-electron chi connectivity index (χ3n) is 4.84. The van der Waals surface area contributed by atoms with Crippen LogP contribution in [0.25, 0.3) is 11.1 Å². The number of fused-ring (bicyclic) bond motifs is 1. The Labute approximate surface area is 175 Å². The van der Waals surface area contributed by atoms with Crippen LogP contribution in [-0.4, -0.2) is 26.5 Å². The number of hydrogen-bond acceptors (Lipinski definition) is 5. The lowest BCUT2D eigenvalue weighted by Crippen LogP contribution is -2.23. The zero-order chi connectivity index (χ0) is 21.4. The molecular weight excluding hydrogens is 410 g/mol. The predicted octanol–water partition coefficient (Wildman–Crippen LogP) is 3.94. The van der Waals surface area contributed by atoms with Crippen LogP contribution in [0.15, 0.2) is 48.7 Å². The number of carbonyl (C=O) groups is 2. The van der Waals surface area contributed by atoms with Gasteiger partial charge in [-0.25, -0.2) is 4.68 Å². The summed E-state index contributed by atoms with van der Waals surface area (Å²) in [5, 5.41) is 21.3. The number of hydrogen-bond donors (Lipinski definition) is 2. The van der Waals surface area contributed by atoms with E-state index in [-0.39, 0.29) is 23.7 Å². The van der Waals surface area contributed by atoms with E-state index in [1.54, 1.807) is 43.5 Å². The normalized spacial score (nSPS) is 14.9. The Kier molecular flexibility index (Phi) is 4.96. The van der Waals surface area contributed by atoms with Gasteiger partial charge in [0.2, 0.25) is 5.91 Å². The molecule has 2 heterocycles. The second kappa shape index (κ2) is 7.60. The van der Waals surface area contributed by atoms with Gasteiger partial charge in [0.15, 0.2) is 0 Å². The summed E-state index contributed by atoms with van der Waals surface area (Å²) in [6.07, 6.45) is 1.44. The Bertz CT molecular complexity index is 1190. The molecule has 30 heavy (non-hydrogen) atoms. The van der Waals surface area contributed by atoms with Crippen molar-refractivity contribution >= 4 is 40.6 Å². The number of carbonyl (C=O) groups excluding carboxylic acids is 2. The predicted molar refractivity (Wildman–Crippen MR) is 111 cm³/mol. The highest BCUT2D eigenvalue weighted by molar-refractivity contribution is 6.30. The molecule has 0 bridgehead atoms. The second-order valence-electron chi connectivity index (χ2n) is 6.88. The van der Waals surface area contributed by atoms with Gasteiger partial charge in [-0.2, -0.15) is 5.10 Å². The van der Waals surface area contributed by atoms with Crippen LogP contribution in [0, 0.1) is 17.0 Å². The largest absolute Gasteiger partial charge is 0.326 e. The molecule has 10 heteroatoms. The Hall–Kier alpha value is -3.72. The van der Waals surface area contributed by atoms with Crippen molar-refractivity contribution in [2.24, 2.45) is 0 Å². The molecule has 0 saturated carbocycles. The van der Waals surface area contributed by atoms with Crippen LogP contribution in [0.2, 0.25) is 5.02 Å². The summed E-state index contributed by atoms with van der Waals surface area (Å²) in [6, 6.07) is 10.7. The first-order valence-electron chi connectivity index (χ1n) is 9.02. The molecule has 1 aromatic heterocycles. The Balaban J connectivity index is 1.53. The molecule has 2 N–H and O–H groups in total. The van der Waals surface area contributed by atoms with Crippen molar-refractivity contribution in [2.75, 3.05) is 10.6 Å². The molecule has 3 aromatic rings. The van der Waals surface area contributed by atoms with Gasteiger partial charge in [-0.3, -0.25) is 19.7 Å². The van der Waals surface area contributed by atoms with E-state index in [4.69, 9.17) is 11.6 Å². The lowest BCUT2D eigenvalue weighted by atomic mass is 10.1. The van der Waals surface area contributed by atoms with Crippen molar-refractivity contribution in [1.29, 1.82) is 0 Å². The third kappa shape index (κ3) is 3.62. The van der Waals surface area contributed by atoms with E-state index in [0.717, 1.165) is 5.56 Å². The molecule has 0 aliphatic carbocycles. The summed E-state index contributed by atoms with van der Waals surface area (Å²) in [4.78, 5) is 35.5. The van der Waals surface area contributed by atoms with E-state index in [1.807, 2.05) is 6.07 Å². The first-order chi connectivity index (χ1) is 14.3. The lowest BCUT2D eigenvalue weighted by Gasteiger charge is -2.10. The maximum Gasteiger partial charge on any atom is 0.274 e. The molecule has 1 unspecified atom stereocenters. The number of nitro groups is 1. The molecule has 4 rings (SSSR count). The van der Waals surface area contributed by atoms with Crippen LogP contribution in [0.5, 0.6) is 0 Å². The zero-order valence-corrected chi connectivity index (χ0v) is 16.5. The fraction of sp³-hybridized carbons (Fsp3) is 0.150. The van der Waals surface area contributed by atoms with Crippen molar-refractivity contribution in [2.45, 2.75) is 19.4 Å². The van der Waals surface area contributed by atoms with E-state index in [1.165, 1.54) is 10.7 Å². The molecule has 2 amide bonds. The minimum Gasteiger partial charge on any atom is -0.326 e. The molecular formula is C20H16ClN5O4. The summed E-state index contributed by atoms with van der Waals surface area (Å²) in [5.74, 6) is -0.321. The van der Waals surface area contributed by atoms with Gasteiger partial charge in [0.1, 0.15) is 11.9 Å². The van der Waals surface area contributed by atoms with Gasteiger partial charge < -0.3 is 10.6 Å². The monoisotopic (exact) mass is 425 g/mol. The SMILES string of the molecule is Cc1ccc(NC(=O)CC2C(=O)Nc3c(-c4cccc(Cl)c4)cnn32)cc1[N+](=O)[O-]. The van der Waals surface area contributed by atoms with Gasteiger partial charge in [-0.05, 0) is 30.7 Å². The second-order valence-corrected chi connectivity index (χ2v) is 7.31. The summed E-state index contributed by atoms with van der Waals surface area (Å²) in [7, 11) is 0. The molecule has 1 atom stereocenters. The number of anilines is 2. The van der Waals surface area contributed by atoms with Gasteiger partial charge in [-0.15, -0.1) is 0 Å². The smallest absolute Gasteiger partial charge is 0.274 e. The van der Waals surface area contributed by atoms with Crippen LogP contribution in [0.4, 0.5) is 17.2 Å². The summed E-state index contributed by atoms with van der Waals surface area (Å²) in [6.45, 7) is 1.61. The quantitative estimate of drug-likeness (QED) is 0.474. The zero-order valence-electron chi connectivity index (χ0n) is 15.8. The van der Waals surface area contributed by atoms with Gasteiger partial charge in [0.25, 0.3) is 11.6 Å². The minimum absolute atomic E-state index is 0.0908. The van der Waals surface area contributed by atoms with E-state index in [2.05, 4.69) is 15.7 Å². The van der Waals surface area contributed by atoms with Crippen LogP contribution in [-0.2, 0) is 9.59 Å². The van der Waals surface area contributed by atoms with E-state index >= 15 is 0 Å². The molecule has 9 nitrogen and oxygen atoms in total. The Morgan fingerprint density at radius 3 is 2.87 bits per heavy atom. The molecule has 152 valence electrons. The molecule has 1 aliphatic heterocycles. The molecule has 0 radical (unpaired) electrons. The third-order valence-corrected chi connectivity index (χ3v) is 5.07. The van der Waals surface area contributed by atoms with Crippen molar-refractivity contribution in [1.82, 2.24) is 9.78 Å². The molecule has 0 fully saturated rings. The number of nitrogens with zero attached hydrogens (tertiary/aromatic N) is 3. The average Bonchev–Trinajstić information content (AvgIpc) is 3.22. The highest BCUT2D eigenvalue weighted by atomic mass is 35.5. The highest BCUT2D eigenvalue weighted by Crippen LogP contribution is 2.36. The topological polar surface area (TPSA) is 119 Å². The number of nitro benzene ring substituents is 1. The number of nitrogens with one attached hydrogen (secondary N) is 2. The van der Waals surface area contributed by atoms with Crippen molar-refractivity contribution in [3.05, 3.63) is 69.4 Å². The number of benzene rings is 2. The van der Waals surface area contributed by atoms with E-state index in [0.29, 0.717) is 22.0 Å². The van der Waals surface area contributed by atoms with Crippen molar-refractivity contribution in [3.8, 4) is 11.1 Å². The first-order valence-corrected chi connectivity index (χ1v) is 9.40. The Morgan fingerprint density at radius 1 is 1.33 bits per heavy atom. The van der Waals surface area contributed by atoms with Crippen molar-refractivity contribution < 1.29 is 14.5 Å². The number of halogens is 1. The van der Waals surface area contributed by atoms with Crippen LogP contribution < -0.4 is 10.6 Å². The first kappa shape index (κ1) is 19.6. The lowest BCUT2D eigenvalue weighted by molar-refractivity contribution is -0.385. The maximum absolute atomic E-state index is 12.5. The Morgan fingerprint density at radius 2 is 2.13 bits per heavy atom. The fourth-order valence-electron chi connectivity index (χ4n) is 3.35. The van der Waals surface area contributed by atoms with Gasteiger partial charge in [0, 0.05) is 27.9 Å². The van der Waals surface area contributed by atoms with Crippen molar-refractivity contribution in [3.63, 3.8) is 0 Å². The van der Waals surface area contributed by atoms with Crippen LogP contribution in [0.1, 0.15) is 18.0 Å². The highest BCUT2D eigenvalue weighted by Gasteiger charge is 2.35. The molecule has 2 aromatic carbocycles. The van der Waals surface area contributed by atoms with Crippen LogP contribution >= 0.6 is 11.6 Å². The number of rotatable bonds is 5. The van der Waals surface area contributed by atoms with E-state index in [9.17, 15) is 19.7 Å². The van der Waals surface area contributed by atoms with Crippen LogP contribution in [0.3, 0.4) is 0 Å². The fourth-order valence-corrected chi connectivity index (χ4v) is 3.54. The van der Waals surface area contributed by atoms with Gasteiger partial charge in [-0.1, -0.05) is 29.8 Å². The number of aryl methyl sites for hydroxylation is 1. The standard InChI is InChI=1S/C20H16ClN5O4/c1-11-5-6-14(8-16(11)26(29)30)23-18(27)9-17-20(28)24-19-15(10-22-25(17)19)12-3-2-4-13(21)7-12/h2-8,10,17H,9H2,1H3,(H,23,27)(H,24,28). The summed E-state index contributed by atoms with van der Waals surface area (Å²) >= 11 is 6.05. The average molecular weight is 426 g/mol.